The van der Waals surface area contributed by atoms with Gasteiger partial charge < -0.3 is 4.74 Å². The summed E-state index contributed by atoms with van der Waals surface area (Å²) < 4.78 is 144. The van der Waals surface area contributed by atoms with Crippen molar-refractivity contribution in [3.63, 3.8) is 0 Å². The number of hydrogen-bond acceptors (Lipinski definition) is 3. The van der Waals surface area contributed by atoms with Crippen LogP contribution in [0.5, 0.6) is 5.75 Å². The summed E-state index contributed by atoms with van der Waals surface area (Å²) in [4.78, 5) is 14.2. The van der Waals surface area contributed by atoms with Crippen molar-refractivity contribution in [1.29, 1.82) is 0 Å². The largest absolute Gasteiger partial charge is 0.485 e. The van der Waals surface area contributed by atoms with E-state index in [0.29, 0.717) is 6.92 Å². The van der Waals surface area contributed by atoms with E-state index in [-0.39, 0.29) is 12.3 Å². The Hall–Kier alpha value is -2.15. The number of carbonyl (C=O) groups excluding carboxylic acids is 1. The maximum Gasteiger partial charge on any atom is 0.418 e. The highest BCUT2D eigenvalue weighted by Gasteiger charge is 2.75. The van der Waals surface area contributed by atoms with Gasteiger partial charge in [0.25, 0.3) is 0 Å². The molecule has 1 aromatic heterocycles. The average Bonchev–Trinajstić information content (AvgIpc) is 2.51. The predicted molar refractivity (Wildman–Crippen MR) is 65.6 cm³/mol. The minimum Gasteiger partial charge on any atom is -0.485 e. The lowest BCUT2D eigenvalue weighted by molar-refractivity contribution is -0.342. The van der Waals surface area contributed by atoms with Crippen LogP contribution in [-0.4, -0.2) is 41.6 Å². The summed E-state index contributed by atoms with van der Waals surface area (Å²) in [6.45, 7) is -2.02. The van der Waals surface area contributed by atoms with E-state index in [2.05, 4.69) is 9.72 Å². The van der Waals surface area contributed by atoms with Crippen molar-refractivity contribution < 1.29 is 57.8 Å². The number of ether oxygens (including phenoxy) is 1. The predicted octanol–water partition coefficient (Wildman–Crippen LogP) is 4.85. The molecule has 0 atom stereocenters. The van der Waals surface area contributed by atoms with Gasteiger partial charge in [0.2, 0.25) is 0 Å². The number of rotatable bonds is 7. The molecule has 1 rings (SSSR count). The Labute approximate surface area is 143 Å². The lowest BCUT2D eigenvalue weighted by atomic mass is 10.1. The fourth-order valence-corrected chi connectivity index (χ4v) is 1.61. The van der Waals surface area contributed by atoms with Gasteiger partial charge in [0, 0.05) is 13.1 Å². The van der Waals surface area contributed by atoms with Crippen LogP contribution in [0.4, 0.5) is 48.3 Å². The molecule has 0 bridgehead atoms. The molecule has 14 heteroatoms. The summed E-state index contributed by atoms with van der Waals surface area (Å²) in [5.74, 6) is -21.5. The van der Waals surface area contributed by atoms with Crippen LogP contribution in [0, 0.1) is 0 Å². The first-order chi connectivity index (χ1) is 11.9. The van der Waals surface area contributed by atoms with E-state index in [4.69, 9.17) is 0 Å². The Morgan fingerprint density at radius 3 is 2.00 bits per heavy atom. The molecule has 0 fully saturated rings. The highest BCUT2D eigenvalue weighted by atomic mass is 19.4. The smallest absolute Gasteiger partial charge is 0.418 e. The van der Waals surface area contributed by atoms with Gasteiger partial charge in [-0.3, -0.25) is 4.79 Å². The van der Waals surface area contributed by atoms with Crippen molar-refractivity contribution in [2.75, 3.05) is 6.61 Å². The van der Waals surface area contributed by atoms with Crippen LogP contribution in [0.25, 0.3) is 0 Å². The number of aromatic nitrogens is 1. The van der Waals surface area contributed by atoms with Gasteiger partial charge in [0.1, 0.15) is 11.4 Å². The van der Waals surface area contributed by atoms with Gasteiger partial charge in [-0.1, -0.05) is 0 Å². The second-order valence-corrected chi connectivity index (χ2v) is 5.12. The Kier molecular flexibility index (Phi) is 6.03. The van der Waals surface area contributed by atoms with E-state index in [0.717, 1.165) is 0 Å². The summed E-state index contributed by atoms with van der Waals surface area (Å²) in [7, 11) is 0. The average molecular weight is 419 g/mol. The third-order valence-electron chi connectivity index (χ3n) is 3.07. The first-order valence-electron chi connectivity index (χ1n) is 6.57. The van der Waals surface area contributed by atoms with Gasteiger partial charge in [-0.05, 0) is 6.07 Å². The number of halogens is 11. The van der Waals surface area contributed by atoms with Gasteiger partial charge in [-0.25, -0.2) is 13.8 Å². The summed E-state index contributed by atoms with van der Waals surface area (Å²) >= 11 is 0. The molecule has 0 aromatic carbocycles. The Bertz CT molecular complexity index is 700. The van der Waals surface area contributed by atoms with Gasteiger partial charge in [0.15, 0.2) is 12.4 Å². The first kappa shape index (κ1) is 22.9. The van der Waals surface area contributed by atoms with Crippen molar-refractivity contribution in [1.82, 2.24) is 4.98 Å². The van der Waals surface area contributed by atoms with E-state index in [1.165, 1.54) is 0 Å². The molecule has 0 spiro atoms. The van der Waals surface area contributed by atoms with E-state index < -0.39 is 59.8 Å². The molecule has 0 saturated carbocycles. The van der Waals surface area contributed by atoms with E-state index in [1.54, 1.807) is 0 Å². The highest BCUT2D eigenvalue weighted by Crippen LogP contribution is 2.48. The van der Waals surface area contributed by atoms with Crippen molar-refractivity contribution in [3.05, 3.63) is 23.5 Å². The van der Waals surface area contributed by atoms with Crippen LogP contribution in [-0.2, 0) is 6.18 Å². The Morgan fingerprint density at radius 1 is 1.07 bits per heavy atom. The third kappa shape index (κ3) is 4.40. The molecule has 0 aliphatic rings. The van der Waals surface area contributed by atoms with Crippen LogP contribution < -0.4 is 4.74 Å². The molecule has 0 saturated heterocycles. The van der Waals surface area contributed by atoms with Crippen LogP contribution in [0.2, 0.25) is 0 Å². The molecule has 27 heavy (non-hydrogen) atoms. The standard InChI is InChI=1S/C13H8F11NO2/c1-5(26)8-7(2-6(3-25-8)12(20,21)22)27-4-10(16,17)13(23,24)11(18,19)9(14)15/h2-3,9H,4H2,1H3. The summed E-state index contributed by atoms with van der Waals surface area (Å²) in [6, 6.07) is -0.0524. The first-order valence-corrected chi connectivity index (χ1v) is 6.57. The molecule has 1 heterocycles. The van der Waals surface area contributed by atoms with Gasteiger partial charge in [-0.15, -0.1) is 0 Å². The quantitative estimate of drug-likeness (QED) is 0.469. The van der Waals surface area contributed by atoms with Crippen molar-refractivity contribution in [3.8, 4) is 5.75 Å². The number of Topliss-reactive ketones (excluding diaryl/α,β-unsaturated/α-hetero) is 1. The number of ketones is 1. The molecular weight excluding hydrogens is 411 g/mol. The van der Waals surface area contributed by atoms with E-state index in [9.17, 15) is 53.1 Å². The summed E-state index contributed by atoms with van der Waals surface area (Å²) in [6.07, 6.45) is -10.2. The van der Waals surface area contributed by atoms with Crippen molar-refractivity contribution in [2.45, 2.75) is 37.3 Å². The lowest BCUT2D eigenvalue weighted by Gasteiger charge is -2.32. The second-order valence-electron chi connectivity index (χ2n) is 5.12. The van der Waals surface area contributed by atoms with Crippen molar-refractivity contribution in [2.24, 2.45) is 0 Å². The van der Waals surface area contributed by atoms with E-state index in [1.807, 2.05) is 0 Å². The molecule has 0 N–H and O–H groups in total. The molecule has 154 valence electrons. The molecule has 0 unspecified atom stereocenters. The monoisotopic (exact) mass is 419 g/mol. The molecule has 3 nitrogen and oxygen atoms in total. The second kappa shape index (κ2) is 7.11. The number of hydrogen-bond donors (Lipinski definition) is 0. The lowest BCUT2D eigenvalue weighted by Crippen LogP contribution is -2.59. The van der Waals surface area contributed by atoms with Crippen molar-refractivity contribution >= 4 is 5.78 Å². The molecule has 0 amide bonds. The number of pyridine rings is 1. The maximum atomic E-state index is 13.4. The minimum atomic E-state index is -6.61. The number of alkyl halides is 11. The van der Waals surface area contributed by atoms with Crippen LogP contribution in [0.15, 0.2) is 12.3 Å². The fraction of sp³-hybridized carbons (Fsp3) is 0.538. The van der Waals surface area contributed by atoms with Crippen LogP contribution in [0.3, 0.4) is 0 Å². The van der Waals surface area contributed by atoms with Crippen LogP contribution in [0.1, 0.15) is 23.0 Å². The topological polar surface area (TPSA) is 39.2 Å². The minimum absolute atomic E-state index is 0.0524. The molecule has 0 radical (unpaired) electrons. The molecule has 0 aliphatic heterocycles. The summed E-state index contributed by atoms with van der Waals surface area (Å²) in [5.41, 5.74) is -2.63. The summed E-state index contributed by atoms with van der Waals surface area (Å²) in [5, 5.41) is 0. The molecule has 0 aliphatic carbocycles. The number of carbonyl (C=O) groups is 1. The van der Waals surface area contributed by atoms with E-state index >= 15 is 0 Å². The number of nitrogens with zero attached hydrogens (tertiary/aromatic N) is 1. The molecular formula is C13H8F11NO2. The van der Waals surface area contributed by atoms with Gasteiger partial charge in [0.05, 0.1) is 5.56 Å². The maximum absolute atomic E-state index is 13.4. The zero-order valence-electron chi connectivity index (χ0n) is 12.9. The zero-order valence-corrected chi connectivity index (χ0v) is 12.9. The van der Waals surface area contributed by atoms with Gasteiger partial charge in [-0.2, -0.15) is 39.5 Å². The van der Waals surface area contributed by atoms with Crippen LogP contribution >= 0.6 is 0 Å². The fourth-order valence-electron chi connectivity index (χ4n) is 1.61. The Morgan fingerprint density at radius 2 is 1.59 bits per heavy atom. The molecule has 1 aromatic rings. The normalized spacial score (nSPS) is 13.8. The third-order valence-corrected chi connectivity index (χ3v) is 3.07. The highest BCUT2D eigenvalue weighted by molar-refractivity contribution is 5.94. The SMILES string of the molecule is CC(=O)c1ncc(C(F)(F)F)cc1OCC(F)(F)C(F)(F)C(F)(F)C(F)F. The Balaban J connectivity index is 3.23. The van der Waals surface area contributed by atoms with Gasteiger partial charge >= 0.3 is 30.4 Å². The zero-order chi connectivity index (χ0) is 21.4.